The van der Waals surface area contributed by atoms with Gasteiger partial charge in [0.1, 0.15) is 5.75 Å². The van der Waals surface area contributed by atoms with E-state index in [1.54, 1.807) is 18.5 Å². The molecule has 2 rings (SSSR count). The molecule has 1 N–H and O–H groups in total. The molecule has 5 heteroatoms. The van der Waals surface area contributed by atoms with Crippen molar-refractivity contribution in [2.24, 2.45) is 0 Å². The van der Waals surface area contributed by atoms with Crippen molar-refractivity contribution in [2.75, 3.05) is 6.54 Å². The Morgan fingerprint density at radius 3 is 2.74 bits per heavy atom. The molecular weight excluding hydrogens is 262 g/mol. The predicted octanol–water partition coefficient (Wildman–Crippen LogP) is 2.97. The van der Waals surface area contributed by atoms with E-state index in [0.29, 0.717) is 6.01 Å². The molecule has 0 saturated heterocycles. The van der Waals surface area contributed by atoms with E-state index >= 15 is 0 Å². The van der Waals surface area contributed by atoms with Crippen LogP contribution in [-0.4, -0.2) is 16.5 Å². The Bertz CT molecular complexity index is 505. The van der Waals surface area contributed by atoms with Crippen molar-refractivity contribution >= 4 is 12.4 Å². The first-order chi connectivity index (χ1) is 8.88. The van der Waals surface area contributed by atoms with Crippen LogP contribution in [0.4, 0.5) is 0 Å². The lowest BCUT2D eigenvalue weighted by atomic mass is 10.2. The molecule has 100 valence electrons. The van der Waals surface area contributed by atoms with Gasteiger partial charge in [0.15, 0.2) is 0 Å². The highest BCUT2D eigenvalue weighted by Gasteiger charge is 2.00. The zero-order valence-electron chi connectivity index (χ0n) is 10.5. The van der Waals surface area contributed by atoms with Crippen LogP contribution in [0.15, 0.2) is 55.4 Å². The minimum Gasteiger partial charge on any atom is -0.424 e. The first kappa shape index (κ1) is 15.1. The number of halogens is 1. The fourth-order valence-electron chi connectivity index (χ4n) is 1.48. The Hall–Kier alpha value is -1.91. The van der Waals surface area contributed by atoms with Crippen LogP contribution in [-0.2, 0) is 6.54 Å². The summed E-state index contributed by atoms with van der Waals surface area (Å²) < 4.78 is 5.56. The zero-order valence-corrected chi connectivity index (χ0v) is 11.3. The molecule has 4 nitrogen and oxygen atoms in total. The van der Waals surface area contributed by atoms with Crippen molar-refractivity contribution in [3.05, 3.63) is 60.9 Å². The number of hydrogen-bond donors (Lipinski definition) is 1. The molecule has 2 aromatic rings. The average molecular weight is 278 g/mol. The fraction of sp³-hybridized carbons (Fsp3) is 0.143. The van der Waals surface area contributed by atoms with Crippen molar-refractivity contribution in [2.45, 2.75) is 6.54 Å². The molecule has 1 heterocycles. The summed E-state index contributed by atoms with van der Waals surface area (Å²) in [5, 5.41) is 3.24. The van der Waals surface area contributed by atoms with Gasteiger partial charge in [-0.15, -0.1) is 19.0 Å². The number of nitrogens with one attached hydrogen (secondary N) is 1. The van der Waals surface area contributed by atoms with Gasteiger partial charge in [-0.05, 0) is 23.8 Å². The van der Waals surface area contributed by atoms with E-state index < -0.39 is 0 Å². The van der Waals surface area contributed by atoms with Gasteiger partial charge in [-0.2, -0.15) is 0 Å². The third kappa shape index (κ3) is 5.07. The van der Waals surface area contributed by atoms with Crippen molar-refractivity contribution in [3.8, 4) is 11.8 Å². The fourth-order valence-corrected chi connectivity index (χ4v) is 1.48. The maximum absolute atomic E-state index is 5.56. The normalized spacial score (nSPS) is 9.47. The third-order valence-electron chi connectivity index (χ3n) is 2.27. The van der Waals surface area contributed by atoms with Crippen molar-refractivity contribution in [1.82, 2.24) is 15.3 Å². The molecule has 0 fully saturated rings. The highest BCUT2D eigenvalue weighted by atomic mass is 35.5. The summed E-state index contributed by atoms with van der Waals surface area (Å²) in [6.45, 7) is 5.22. The maximum atomic E-state index is 5.56. The van der Waals surface area contributed by atoms with Gasteiger partial charge in [-0.1, -0.05) is 18.2 Å². The SMILES string of the molecule is C=CCNCc1cccc(Oc2ncccn2)c1.Cl. The minimum absolute atomic E-state index is 0. The smallest absolute Gasteiger partial charge is 0.321 e. The summed E-state index contributed by atoms with van der Waals surface area (Å²) >= 11 is 0. The summed E-state index contributed by atoms with van der Waals surface area (Å²) in [4.78, 5) is 8.03. The van der Waals surface area contributed by atoms with Crippen LogP contribution in [0.3, 0.4) is 0 Å². The van der Waals surface area contributed by atoms with E-state index in [1.165, 1.54) is 0 Å². The summed E-state index contributed by atoms with van der Waals surface area (Å²) in [6, 6.07) is 9.94. The van der Waals surface area contributed by atoms with Crippen molar-refractivity contribution in [1.29, 1.82) is 0 Å². The lowest BCUT2D eigenvalue weighted by Gasteiger charge is -2.06. The molecule has 0 saturated carbocycles. The van der Waals surface area contributed by atoms with Gasteiger partial charge >= 0.3 is 6.01 Å². The molecule has 0 radical (unpaired) electrons. The molecule has 0 amide bonds. The Kier molecular flexibility index (Phi) is 6.57. The predicted molar refractivity (Wildman–Crippen MR) is 77.7 cm³/mol. The van der Waals surface area contributed by atoms with Crippen LogP contribution >= 0.6 is 12.4 Å². The Balaban J connectivity index is 0.00000180. The van der Waals surface area contributed by atoms with Crippen LogP contribution in [0.5, 0.6) is 11.8 Å². The van der Waals surface area contributed by atoms with Gasteiger partial charge < -0.3 is 10.1 Å². The summed E-state index contributed by atoms with van der Waals surface area (Å²) in [5.74, 6) is 0.735. The third-order valence-corrected chi connectivity index (χ3v) is 2.27. The van der Waals surface area contributed by atoms with Gasteiger partial charge in [0.25, 0.3) is 0 Å². The molecule has 0 atom stereocenters. The maximum Gasteiger partial charge on any atom is 0.321 e. The monoisotopic (exact) mass is 277 g/mol. The standard InChI is InChI=1S/C14H15N3O.ClH/c1-2-7-15-11-12-5-3-6-13(10-12)18-14-16-8-4-9-17-14;/h2-6,8-10,15H,1,7,11H2;1H. The quantitative estimate of drug-likeness (QED) is 0.651. The lowest BCUT2D eigenvalue weighted by Crippen LogP contribution is -2.12. The Labute approximate surface area is 119 Å². The van der Waals surface area contributed by atoms with Crippen LogP contribution in [0.1, 0.15) is 5.56 Å². The number of benzene rings is 1. The van der Waals surface area contributed by atoms with Crippen LogP contribution in [0, 0.1) is 0 Å². The summed E-state index contributed by atoms with van der Waals surface area (Å²) in [6.07, 6.45) is 5.13. The van der Waals surface area contributed by atoms with Gasteiger partial charge in [-0.3, -0.25) is 0 Å². The van der Waals surface area contributed by atoms with Gasteiger partial charge in [0, 0.05) is 25.5 Å². The van der Waals surface area contributed by atoms with Gasteiger partial charge in [-0.25, -0.2) is 9.97 Å². The van der Waals surface area contributed by atoms with E-state index in [4.69, 9.17) is 4.74 Å². The molecular formula is C14H16ClN3O. The van der Waals surface area contributed by atoms with E-state index in [1.807, 2.05) is 30.3 Å². The first-order valence-corrected chi connectivity index (χ1v) is 5.74. The molecule has 0 spiro atoms. The molecule has 1 aromatic carbocycles. The minimum atomic E-state index is 0. The topological polar surface area (TPSA) is 47.0 Å². The molecule has 1 aromatic heterocycles. The summed E-state index contributed by atoms with van der Waals surface area (Å²) in [5.41, 5.74) is 1.14. The van der Waals surface area contributed by atoms with E-state index in [2.05, 4.69) is 21.9 Å². The van der Waals surface area contributed by atoms with Gasteiger partial charge in [0.2, 0.25) is 0 Å². The van der Waals surface area contributed by atoms with Crippen molar-refractivity contribution < 1.29 is 4.74 Å². The lowest BCUT2D eigenvalue weighted by molar-refractivity contribution is 0.441. The molecule has 19 heavy (non-hydrogen) atoms. The largest absolute Gasteiger partial charge is 0.424 e. The molecule has 0 aliphatic heterocycles. The average Bonchev–Trinajstić information content (AvgIpc) is 2.41. The van der Waals surface area contributed by atoms with Crippen LogP contribution in [0.25, 0.3) is 0 Å². The molecule has 0 aliphatic rings. The van der Waals surface area contributed by atoms with Crippen LogP contribution < -0.4 is 10.1 Å². The second-order valence-corrected chi connectivity index (χ2v) is 3.70. The second kappa shape index (κ2) is 8.24. The number of hydrogen-bond acceptors (Lipinski definition) is 4. The van der Waals surface area contributed by atoms with Crippen molar-refractivity contribution in [3.63, 3.8) is 0 Å². The highest BCUT2D eigenvalue weighted by Crippen LogP contribution is 2.18. The number of rotatable bonds is 6. The molecule has 0 aliphatic carbocycles. The van der Waals surface area contributed by atoms with E-state index in [0.717, 1.165) is 24.4 Å². The molecule has 0 unspecified atom stereocenters. The number of aromatic nitrogens is 2. The Morgan fingerprint density at radius 2 is 2.00 bits per heavy atom. The first-order valence-electron chi connectivity index (χ1n) is 5.74. The van der Waals surface area contributed by atoms with E-state index in [9.17, 15) is 0 Å². The highest BCUT2D eigenvalue weighted by molar-refractivity contribution is 5.85. The number of nitrogens with zero attached hydrogens (tertiary/aromatic N) is 2. The van der Waals surface area contributed by atoms with E-state index in [-0.39, 0.29) is 12.4 Å². The molecule has 0 bridgehead atoms. The Morgan fingerprint density at radius 1 is 1.21 bits per heavy atom. The zero-order chi connectivity index (χ0) is 12.6. The number of ether oxygens (including phenoxy) is 1. The second-order valence-electron chi connectivity index (χ2n) is 3.70. The van der Waals surface area contributed by atoms with Crippen LogP contribution in [0.2, 0.25) is 0 Å². The summed E-state index contributed by atoms with van der Waals surface area (Å²) in [7, 11) is 0. The van der Waals surface area contributed by atoms with Gasteiger partial charge in [0.05, 0.1) is 0 Å².